The normalized spacial score (nSPS) is 11.3. The molecule has 1 radical (unpaired) electrons. The molecule has 0 fully saturated rings. The molecule has 0 atom stereocenters. The predicted octanol–water partition coefficient (Wildman–Crippen LogP) is 2.04. The zero-order valence-electron chi connectivity index (χ0n) is 9.91. The molecular formula is C14H14NO2S. The van der Waals surface area contributed by atoms with Gasteiger partial charge in [0.15, 0.2) is 9.84 Å². The van der Waals surface area contributed by atoms with Gasteiger partial charge in [0, 0.05) is 18.3 Å². The van der Waals surface area contributed by atoms with Crippen molar-refractivity contribution in [1.82, 2.24) is 4.98 Å². The van der Waals surface area contributed by atoms with E-state index in [1.54, 1.807) is 30.5 Å². The molecule has 0 amide bonds. The van der Waals surface area contributed by atoms with Gasteiger partial charge in [0.1, 0.15) is 0 Å². The summed E-state index contributed by atoms with van der Waals surface area (Å²) in [5, 5.41) is 0. The van der Waals surface area contributed by atoms with Crippen LogP contribution in [0.5, 0.6) is 0 Å². The van der Waals surface area contributed by atoms with Crippen LogP contribution in [0.2, 0.25) is 0 Å². The maximum atomic E-state index is 11.9. The number of rotatable bonds is 5. The van der Waals surface area contributed by atoms with Gasteiger partial charge in [-0.25, -0.2) is 8.42 Å². The van der Waals surface area contributed by atoms with Crippen molar-refractivity contribution in [1.29, 1.82) is 0 Å². The molecular weight excluding hydrogens is 246 g/mol. The SMILES string of the molecule is O=S(=O)(CCc1ccccn1)Cc1cc[c]cc1. The Morgan fingerprint density at radius 3 is 2.56 bits per heavy atom. The second-order valence-electron chi connectivity index (χ2n) is 4.07. The quantitative estimate of drug-likeness (QED) is 0.826. The smallest absolute Gasteiger partial charge is 0.154 e. The number of benzene rings is 1. The van der Waals surface area contributed by atoms with Gasteiger partial charge in [0.05, 0.1) is 11.5 Å². The maximum Gasteiger partial charge on any atom is 0.154 e. The van der Waals surface area contributed by atoms with E-state index in [-0.39, 0.29) is 11.5 Å². The van der Waals surface area contributed by atoms with E-state index in [0.717, 1.165) is 11.3 Å². The standard InChI is InChI=1S/C14H14NO2S/c16-18(17,12-13-6-2-1-3-7-13)11-9-14-8-4-5-10-15-14/h2-8,10H,9,11-12H2. The third-order valence-electron chi connectivity index (χ3n) is 2.57. The molecule has 2 rings (SSSR count). The first kappa shape index (κ1) is 12.8. The van der Waals surface area contributed by atoms with Crippen LogP contribution in [0.1, 0.15) is 11.3 Å². The van der Waals surface area contributed by atoms with Gasteiger partial charge in [-0.05, 0) is 23.8 Å². The average Bonchev–Trinajstić information content (AvgIpc) is 2.38. The summed E-state index contributed by atoms with van der Waals surface area (Å²) in [4.78, 5) is 4.12. The average molecular weight is 260 g/mol. The molecule has 0 saturated carbocycles. The van der Waals surface area contributed by atoms with Crippen molar-refractivity contribution in [3.8, 4) is 0 Å². The fourth-order valence-corrected chi connectivity index (χ4v) is 3.01. The van der Waals surface area contributed by atoms with Crippen molar-refractivity contribution in [2.45, 2.75) is 12.2 Å². The lowest BCUT2D eigenvalue weighted by Gasteiger charge is -2.04. The Morgan fingerprint density at radius 1 is 1.11 bits per heavy atom. The number of pyridine rings is 1. The van der Waals surface area contributed by atoms with Crippen LogP contribution >= 0.6 is 0 Å². The number of hydrogen-bond acceptors (Lipinski definition) is 3. The molecule has 3 nitrogen and oxygen atoms in total. The molecule has 0 aliphatic rings. The van der Waals surface area contributed by atoms with E-state index in [0.29, 0.717) is 6.42 Å². The van der Waals surface area contributed by atoms with Gasteiger partial charge in [-0.3, -0.25) is 4.98 Å². The Bertz CT molecular complexity index is 580. The van der Waals surface area contributed by atoms with Crippen LogP contribution < -0.4 is 0 Å². The van der Waals surface area contributed by atoms with E-state index < -0.39 is 9.84 Å². The number of aromatic nitrogens is 1. The van der Waals surface area contributed by atoms with Crippen molar-refractivity contribution in [3.05, 3.63) is 66.0 Å². The lowest BCUT2D eigenvalue weighted by atomic mass is 10.2. The summed E-state index contributed by atoms with van der Waals surface area (Å²) in [7, 11) is -3.09. The first-order valence-electron chi connectivity index (χ1n) is 5.71. The Hall–Kier alpha value is -1.68. The van der Waals surface area contributed by atoms with Crippen LogP contribution in [0.3, 0.4) is 0 Å². The van der Waals surface area contributed by atoms with Crippen molar-refractivity contribution < 1.29 is 8.42 Å². The number of aryl methyl sites for hydroxylation is 1. The Morgan fingerprint density at radius 2 is 1.89 bits per heavy atom. The molecule has 0 aliphatic heterocycles. The molecule has 2 aromatic rings. The molecule has 0 unspecified atom stereocenters. The van der Waals surface area contributed by atoms with E-state index >= 15 is 0 Å². The largest absolute Gasteiger partial charge is 0.261 e. The molecule has 1 aromatic heterocycles. The van der Waals surface area contributed by atoms with Crippen molar-refractivity contribution >= 4 is 9.84 Å². The number of nitrogens with zero attached hydrogens (tertiary/aromatic N) is 1. The summed E-state index contributed by atoms with van der Waals surface area (Å²) < 4.78 is 23.9. The molecule has 4 heteroatoms. The van der Waals surface area contributed by atoms with Crippen LogP contribution in [0.25, 0.3) is 0 Å². The minimum Gasteiger partial charge on any atom is -0.261 e. The maximum absolute atomic E-state index is 11.9. The van der Waals surface area contributed by atoms with E-state index in [1.165, 1.54) is 0 Å². The highest BCUT2D eigenvalue weighted by Crippen LogP contribution is 2.07. The molecule has 93 valence electrons. The summed E-state index contributed by atoms with van der Waals surface area (Å²) in [5.41, 5.74) is 1.61. The first-order valence-corrected chi connectivity index (χ1v) is 7.53. The van der Waals surface area contributed by atoms with E-state index in [4.69, 9.17) is 0 Å². The van der Waals surface area contributed by atoms with Gasteiger partial charge in [0.2, 0.25) is 0 Å². The van der Waals surface area contributed by atoms with Crippen molar-refractivity contribution in [3.63, 3.8) is 0 Å². The van der Waals surface area contributed by atoms with E-state index in [1.807, 2.05) is 18.2 Å². The lowest BCUT2D eigenvalue weighted by Crippen LogP contribution is -2.12. The van der Waals surface area contributed by atoms with Gasteiger partial charge >= 0.3 is 0 Å². The molecule has 1 heterocycles. The fraction of sp³-hybridized carbons (Fsp3) is 0.214. The van der Waals surface area contributed by atoms with Crippen LogP contribution in [0, 0.1) is 6.07 Å². The Balaban J connectivity index is 1.96. The zero-order valence-corrected chi connectivity index (χ0v) is 10.7. The Labute approximate surface area is 107 Å². The monoisotopic (exact) mass is 260 g/mol. The second kappa shape index (κ2) is 5.78. The molecule has 0 N–H and O–H groups in total. The lowest BCUT2D eigenvalue weighted by molar-refractivity contribution is 0.594. The van der Waals surface area contributed by atoms with Crippen LogP contribution in [0.4, 0.5) is 0 Å². The van der Waals surface area contributed by atoms with E-state index in [2.05, 4.69) is 11.1 Å². The highest BCUT2D eigenvalue weighted by atomic mass is 32.2. The van der Waals surface area contributed by atoms with Crippen LogP contribution in [-0.4, -0.2) is 19.2 Å². The van der Waals surface area contributed by atoms with Crippen LogP contribution in [0.15, 0.2) is 48.7 Å². The molecule has 18 heavy (non-hydrogen) atoms. The Kier molecular flexibility index (Phi) is 4.10. The predicted molar refractivity (Wildman–Crippen MR) is 70.7 cm³/mol. The summed E-state index contributed by atoms with van der Waals surface area (Å²) in [6, 6.07) is 15.4. The number of sulfone groups is 1. The summed E-state index contributed by atoms with van der Waals surface area (Å²) in [6.07, 6.45) is 2.14. The molecule has 0 aliphatic carbocycles. The third kappa shape index (κ3) is 3.96. The summed E-state index contributed by atoms with van der Waals surface area (Å²) in [5.74, 6) is 0.205. The van der Waals surface area contributed by atoms with E-state index in [9.17, 15) is 8.42 Å². The van der Waals surface area contributed by atoms with Gasteiger partial charge < -0.3 is 0 Å². The number of hydrogen-bond donors (Lipinski definition) is 0. The van der Waals surface area contributed by atoms with Gasteiger partial charge in [-0.15, -0.1) is 0 Å². The fourth-order valence-electron chi connectivity index (χ4n) is 1.65. The van der Waals surface area contributed by atoms with Crippen LogP contribution in [-0.2, 0) is 22.0 Å². The summed E-state index contributed by atoms with van der Waals surface area (Å²) >= 11 is 0. The minimum atomic E-state index is -3.09. The minimum absolute atomic E-state index is 0.0779. The second-order valence-corrected chi connectivity index (χ2v) is 6.26. The summed E-state index contributed by atoms with van der Waals surface area (Å²) in [6.45, 7) is 0. The van der Waals surface area contributed by atoms with Crippen molar-refractivity contribution in [2.75, 3.05) is 5.75 Å². The highest BCUT2D eigenvalue weighted by molar-refractivity contribution is 7.90. The zero-order chi connectivity index (χ0) is 12.8. The highest BCUT2D eigenvalue weighted by Gasteiger charge is 2.12. The molecule has 0 bridgehead atoms. The third-order valence-corrected chi connectivity index (χ3v) is 4.17. The first-order chi connectivity index (χ1) is 8.66. The van der Waals surface area contributed by atoms with Gasteiger partial charge in [-0.1, -0.05) is 30.3 Å². The van der Waals surface area contributed by atoms with Crippen molar-refractivity contribution in [2.24, 2.45) is 0 Å². The molecule has 1 aromatic carbocycles. The molecule has 0 saturated heterocycles. The molecule has 0 spiro atoms. The van der Waals surface area contributed by atoms with Gasteiger partial charge in [-0.2, -0.15) is 0 Å². The van der Waals surface area contributed by atoms with Gasteiger partial charge in [0.25, 0.3) is 0 Å². The topological polar surface area (TPSA) is 47.0 Å².